The summed E-state index contributed by atoms with van der Waals surface area (Å²) >= 11 is 0. The second-order valence-electron chi connectivity index (χ2n) is 4.31. The van der Waals surface area contributed by atoms with Gasteiger partial charge in [0.1, 0.15) is 11.6 Å². The van der Waals surface area contributed by atoms with Gasteiger partial charge in [0, 0.05) is 6.07 Å². The maximum atomic E-state index is 13.1. The van der Waals surface area contributed by atoms with Crippen LogP contribution in [-0.2, 0) is 6.54 Å². The van der Waals surface area contributed by atoms with Crippen LogP contribution < -0.4 is 5.69 Å². The first-order valence-corrected chi connectivity index (χ1v) is 5.76. The van der Waals surface area contributed by atoms with E-state index in [1.165, 1.54) is 16.7 Å². The minimum absolute atomic E-state index is 0.123. The van der Waals surface area contributed by atoms with E-state index >= 15 is 0 Å². The highest BCUT2D eigenvalue weighted by Gasteiger charge is 2.08. The number of nitrogens with zero attached hydrogens (tertiary/aromatic N) is 1. The Morgan fingerprint density at radius 3 is 2.47 bits per heavy atom. The van der Waals surface area contributed by atoms with Gasteiger partial charge in [-0.2, -0.15) is 0 Å². The Bertz CT molecular complexity index is 784. The first-order chi connectivity index (χ1) is 9.13. The molecule has 0 aliphatic heterocycles. The highest BCUT2D eigenvalue weighted by Crippen LogP contribution is 2.13. The molecule has 0 saturated heterocycles. The lowest BCUT2D eigenvalue weighted by Gasteiger charge is -2.04. The van der Waals surface area contributed by atoms with Crippen LogP contribution in [0.15, 0.2) is 47.3 Å². The van der Waals surface area contributed by atoms with E-state index in [0.29, 0.717) is 16.6 Å². The van der Waals surface area contributed by atoms with E-state index in [0.717, 1.165) is 6.07 Å². The number of H-pyrrole nitrogens is 1. The van der Waals surface area contributed by atoms with Crippen molar-refractivity contribution < 1.29 is 8.78 Å². The smallest absolute Gasteiger partial charge is 0.306 e. The fraction of sp³-hybridized carbons (Fsp3) is 0.0714. The quantitative estimate of drug-likeness (QED) is 0.755. The van der Waals surface area contributed by atoms with Gasteiger partial charge in [-0.15, -0.1) is 0 Å². The molecule has 0 radical (unpaired) electrons. The Kier molecular flexibility index (Phi) is 2.67. The molecule has 0 amide bonds. The third kappa shape index (κ3) is 2.14. The van der Waals surface area contributed by atoms with Crippen molar-refractivity contribution in [3.63, 3.8) is 0 Å². The first-order valence-electron chi connectivity index (χ1n) is 5.76. The van der Waals surface area contributed by atoms with Crippen LogP contribution in [0.3, 0.4) is 0 Å². The molecular formula is C14H10F2N2O. The third-order valence-electron chi connectivity index (χ3n) is 2.94. The molecule has 0 atom stereocenters. The number of para-hydroxylation sites is 2. The number of rotatable bonds is 2. The van der Waals surface area contributed by atoms with Crippen LogP contribution in [-0.4, -0.2) is 9.55 Å². The van der Waals surface area contributed by atoms with E-state index < -0.39 is 11.6 Å². The number of fused-ring (bicyclic) bond motifs is 1. The van der Waals surface area contributed by atoms with Gasteiger partial charge in [-0.25, -0.2) is 13.6 Å². The molecular weight excluding hydrogens is 250 g/mol. The van der Waals surface area contributed by atoms with E-state index in [4.69, 9.17) is 0 Å². The number of imidazole rings is 1. The van der Waals surface area contributed by atoms with Crippen LogP contribution in [0.2, 0.25) is 0 Å². The van der Waals surface area contributed by atoms with Crippen molar-refractivity contribution in [2.45, 2.75) is 6.54 Å². The second kappa shape index (κ2) is 4.35. The second-order valence-corrected chi connectivity index (χ2v) is 4.31. The average Bonchev–Trinajstić information content (AvgIpc) is 2.65. The molecule has 1 N–H and O–H groups in total. The summed E-state index contributed by atoms with van der Waals surface area (Å²) < 4.78 is 27.7. The van der Waals surface area contributed by atoms with Crippen molar-refractivity contribution in [1.82, 2.24) is 9.55 Å². The summed E-state index contributed by atoms with van der Waals surface area (Å²) in [5.74, 6) is -1.30. The lowest BCUT2D eigenvalue weighted by Crippen LogP contribution is -2.17. The SMILES string of the molecule is O=c1[nH]c2ccccc2n1Cc1cc(F)cc(F)c1. The summed E-state index contributed by atoms with van der Waals surface area (Å²) in [4.78, 5) is 14.5. The largest absolute Gasteiger partial charge is 0.326 e. The molecule has 0 aliphatic rings. The van der Waals surface area contributed by atoms with Crippen LogP contribution in [0.4, 0.5) is 8.78 Å². The van der Waals surface area contributed by atoms with Gasteiger partial charge in [0.25, 0.3) is 0 Å². The van der Waals surface area contributed by atoms with Crippen LogP contribution in [0.25, 0.3) is 11.0 Å². The lowest BCUT2D eigenvalue weighted by atomic mass is 10.2. The van der Waals surface area contributed by atoms with Crippen molar-refractivity contribution in [3.8, 4) is 0 Å². The molecule has 0 unspecified atom stereocenters. The van der Waals surface area contributed by atoms with Gasteiger partial charge < -0.3 is 4.98 Å². The maximum absolute atomic E-state index is 13.1. The van der Waals surface area contributed by atoms with Crippen LogP contribution in [0, 0.1) is 11.6 Å². The van der Waals surface area contributed by atoms with E-state index in [9.17, 15) is 13.6 Å². The minimum atomic E-state index is -0.650. The Labute approximate surface area is 107 Å². The Morgan fingerprint density at radius 2 is 1.74 bits per heavy atom. The van der Waals surface area contributed by atoms with Crippen molar-refractivity contribution in [2.75, 3.05) is 0 Å². The molecule has 0 saturated carbocycles. The van der Waals surface area contributed by atoms with Gasteiger partial charge in [-0.3, -0.25) is 4.57 Å². The zero-order chi connectivity index (χ0) is 13.4. The number of hydrogen-bond acceptors (Lipinski definition) is 1. The molecule has 3 nitrogen and oxygen atoms in total. The Morgan fingerprint density at radius 1 is 1.05 bits per heavy atom. The monoisotopic (exact) mass is 260 g/mol. The molecule has 3 aromatic rings. The van der Waals surface area contributed by atoms with E-state index in [1.807, 2.05) is 6.07 Å². The summed E-state index contributed by atoms with van der Waals surface area (Å²) in [7, 11) is 0. The molecule has 0 spiro atoms. The Balaban J connectivity index is 2.10. The number of halogens is 2. The van der Waals surface area contributed by atoms with Crippen LogP contribution in [0.5, 0.6) is 0 Å². The maximum Gasteiger partial charge on any atom is 0.326 e. The zero-order valence-corrected chi connectivity index (χ0v) is 9.86. The van der Waals surface area contributed by atoms with Gasteiger partial charge >= 0.3 is 5.69 Å². The van der Waals surface area contributed by atoms with E-state index in [1.54, 1.807) is 18.2 Å². The molecule has 19 heavy (non-hydrogen) atoms. The van der Waals surface area contributed by atoms with Crippen molar-refractivity contribution >= 4 is 11.0 Å². The number of aromatic amines is 1. The molecule has 5 heteroatoms. The summed E-state index contributed by atoms with van der Waals surface area (Å²) in [6.07, 6.45) is 0. The summed E-state index contributed by atoms with van der Waals surface area (Å²) in [6.45, 7) is 0.123. The highest BCUT2D eigenvalue weighted by atomic mass is 19.1. The van der Waals surface area contributed by atoms with E-state index in [2.05, 4.69) is 4.98 Å². The summed E-state index contributed by atoms with van der Waals surface area (Å²) in [6, 6.07) is 10.4. The van der Waals surface area contributed by atoms with Crippen molar-refractivity contribution in [1.29, 1.82) is 0 Å². The fourth-order valence-electron chi connectivity index (χ4n) is 2.15. The molecule has 3 rings (SSSR count). The highest BCUT2D eigenvalue weighted by molar-refractivity contribution is 5.75. The zero-order valence-electron chi connectivity index (χ0n) is 9.86. The molecule has 1 heterocycles. The number of aromatic nitrogens is 2. The van der Waals surface area contributed by atoms with Gasteiger partial charge in [-0.1, -0.05) is 12.1 Å². The van der Waals surface area contributed by atoms with Gasteiger partial charge in [0.2, 0.25) is 0 Å². The summed E-state index contributed by atoms with van der Waals surface area (Å²) in [5, 5.41) is 0. The van der Waals surface area contributed by atoms with Gasteiger partial charge in [0.05, 0.1) is 17.6 Å². The standard InChI is InChI=1S/C14H10F2N2O/c15-10-5-9(6-11(16)7-10)8-18-13-4-2-1-3-12(13)17-14(18)19/h1-7H,8H2,(H,17,19). The number of nitrogens with one attached hydrogen (secondary N) is 1. The van der Waals surface area contributed by atoms with Gasteiger partial charge in [-0.05, 0) is 29.8 Å². The molecule has 2 aromatic carbocycles. The van der Waals surface area contributed by atoms with Crippen LogP contribution in [0.1, 0.15) is 5.56 Å². The topological polar surface area (TPSA) is 37.8 Å². The molecule has 0 bridgehead atoms. The molecule has 96 valence electrons. The van der Waals surface area contributed by atoms with Crippen LogP contribution >= 0.6 is 0 Å². The normalized spacial score (nSPS) is 11.1. The van der Waals surface area contributed by atoms with Crippen molar-refractivity contribution in [2.24, 2.45) is 0 Å². The molecule has 0 fully saturated rings. The fourth-order valence-corrected chi connectivity index (χ4v) is 2.15. The number of benzene rings is 2. The first kappa shape index (κ1) is 11.6. The molecule has 1 aromatic heterocycles. The summed E-state index contributed by atoms with van der Waals surface area (Å²) in [5.41, 5.74) is 1.51. The lowest BCUT2D eigenvalue weighted by molar-refractivity contribution is 0.577. The third-order valence-corrected chi connectivity index (χ3v) is 2.94. The number of hydrogen-bond donors (Lipinski definition) is 1. The average molecular weight is 260 g/mol. The van der Waals surface area contributed by atoms with Crippen molar-refractivity contribution in [3.05, 3.63) is 70.1 Å². The predicted molar refractivity (Wildman–Crippen MR) is 68.0 cm³/mol. The Hall–Kier alpha value is -2.43. The molecule has 0 aliphatic carbocycles. The predicted octanol–water partition coefficient (Wildman–Crippen LogP) is 2.66. The van der Waals surface area contributed by atoms with E-state index in [-0.39, 0.29) is 12.2 Å². The minimum Gasteiger partial charge on any atom is -0.306 e. The van der Waals surface area contributed by atoms with Gasteiger partial charge in [0.15, 0.2) is 0 Å².